The van der Waals surface area contributed by atoms with Gasteiger partial charge in [-0.3, -0.25) is 0 Å². The van der Waals surface area contributed by atoms with Crippen LogP contribution in [-0.2, 0) is 0 Å². The van der Waals surface area contributed by atoms with Crippen molar-refractivity contribution in [2.24, 2.45) is 11.3 Å². The second kappa shape index (κ2) is 5.11. The average molecular weight is 201 g/mol. The van der Waals surface area contributed by atoms with Crippen LogP contribution in [-0.4, -0.2) is 19.3 Å². The third-order valence-corrected chi connectivity index (χ3v) is 2.90. The molecular weight excluding hydrogens is 177 g/mol. The summed E-state index contributed by atoms with van der Waals surface area (Å²) in [4.78, 5) is 0. The molecule has 1 rings (SSSR count). The molecule has 0 aliphatic carbocycles. The average Bonchev–Trinajstić information content (AvgIpc) is 2.27. The van der Waals surface area contributed by atoms with Crippen LogP contribution in [0.1, 0.15) is 46.5 Å². The lowest BCUT2D eigenvalue weighted by atomic mass is 9.84. The molecule has 2 heteroatoms. The summed E-state index contributed by atoms with van der Waals surface area (Å²) in [5.74, 6) is 0.247. The van der Waals surface area contributed by atoms with Crippen molar-refractivity contribution in [1.82, 2.24) is 5.32 Å². The van der Waals surface area contributed by atoms with Gasteiger partial charge in [-0.15, -0.1) is 0 Å². The Hall–Kier alpha value is -0.110. The van der Waals surface area contributed by atoms with Crippen molar-refractivity contribution in [2.75, 3.05) is 13.1 Å². The molecule has 84 valence electrons. The molecule has 0 saturated carbocycles. The first-order chi connectivity index (χ1) is 6.49. The van der Waals surface area contributed by atoms with Crippen molar-refractivity contribution in [3.05, 3.63) is 0 Å². The topological polar surface area (TPSA) is 12.0 Å². The molecule has 0 bridgehead atoms. The molecule has 0 aromatic rings. The Bertz CT molecular complexity index is 154. The van der Waals surface area contributed by atoms with E-state index in [9.17, 15) is 4.39 Å². The Balaban J connectivity index is 2.37. The van der Waals surface area contributed by atoms with E-state index in [0.717, 1.165) is 19.5 Å². The minimum absolute atomic E-state index is 0.117. The van der Waals surface area contributed by atoms with Crippen LogP contribution in [0.3, 0.4) is 0 Å². The lowest BCUT2D eigenvalue weighted by Crippen LogP contribution is -2.30. The number of hydrogen-bond donors (Lipinski definition) is 1. The highest BCUT2D eigenvalue weighted by Crippen LogP contribution is 2.29. The zero-order valence-corrected chi connectivity index (χ0v) is 9.78. The summed E-state index contributed by atoms with van der Waals surface area (Å²) >= 11 is 0. The van der Waals surface area contributed by atoms with Crippen molar-refractivity contribution in [3.8, 4) is 0 Å². The summed E-state index contributed by atoms with van der Waals surface area (Å²) in [5, 5.41) is 3.32. The fourth-order valence-corrected chi connectivity index (χ4v) is 2.11. The van der Waals surface area contributed by atoms with Gasteiger partial charge in [-0.1, -0.05) is 27.2 Å². The predicted molar refractivity (Wildman–Crippen MR) is 59.2 cm³/mol. The number of alkyl halides is 1. The van der Waals surface area contributed by atoms with Gasteiger partial charge in [-0.05, 0) is 31.2 Å². The highest BCUT2D eigenvalue weighted by Gasteiger charge is 2.26. The fourth-order valence-electron chi connectivity index (χ4n) is 2.11. The molecule has 1 aliphatic rings. The zero-order valence-electron chi connectivity index (χ0n) is 9.78. The lowest BCUT2D eigenvalue weighted by Gasteiger charge is -2.26. The maximum Gasteiger partial charge on any atom is 0.105 e. The Morgan fingerprint density at radius 1 is 1.36 bits per heavy atom. The van der Waals surface area contributed by atoms with E-state index in [2.05, 4.69) is 26.1 Å². The summed E-state index contributed by atoms with van der Waals surface area (Å²) in [7, 11) is 0. The van der Waals surface area contributed by atoms with Gasteiger partial charge >= 0.3 is 0 Å². The number of nitrogens with one attached hydrogen (secondary N) is 1. The maximum absolute atomic E-state index is 13.9. The third kappa shape index (κ3) is 4.41. The smallest absolute Gasteiger partial charge is 0.105 e. The van der Waals surface area contributed by atoms with Crippen LogP contribution in [0.5, 0.6) is 0 Å². The van der Waals surface area contributed by atoms with Gasteiger partial charge in [0, 0.05) is 12.5 Å². The largest absolute Gasteiger partial charge is 0.316 e. The lowest BCUT2D eigenvalue weighted by molar-refractivity contribution is 0.153. The highest BCUT2D eigenvalue weighted by atomic mass is 19.1. The van der Waals surface area contributed by atoms with E-state index in [1.54, 1.807) is 0 Å². The van der Waals surface area contributed by atoms with E-state index in [0.29, 0.717) is 6.42 Å². The molecule has 0 amide bonds. The first-order valence-electron chi connectivity index (χ1n) is 5.84. The number of halogens is 1. The molecule has 1 N–H and O–H groups in total. The Kier molecular flexibility index (Phi) is 4.36. The van der Waals surface area contributed by atoms with Crippen molar-refractivity contribution < 1.29 is 4.39 Å². The molecule has 1 fully saturated rings. The quantitative estimate of drug-likeness (QED) is 0.723. The SMILES string of the molecule is CC(C)(C)CC(F)C1CCCCNC1. The second-order valence-electron chi connectivity index (χ2n) is 5.74. The van der Waals surface area contributed by atoms with Crippen LogP contribution < -0.4 is 5.32 Å². The monoisotopic (exact) mass is 201 g/mol. The van der Waals surface area contributed by atoms with Gasteiger partial charge in [0.15, 0.2) is 0 Å². The molecule has 1 heterocycles. The molecule has 2 atom stereocenters. The number of rotatable bonds is 2. The minimum atomic E-state index is -0.624. The zero-order chi connectivity index (χ0) is 10.6. The minimum Gasteiger partial charge on any atom is -0.316 e. The van der Waals surface area contributed by atoms with Gasteiger partial charge in [0.05, 0.1) is 0 Å². The van der Waals surface area contributed by atoms with E-state index in [1.165, 1.54) is 12.8 Å². The molecular formula is C12H24FN. The van der Waals surface area contributed by atoms with E-state index in [-0.39, 0.29) is 11.3 Å². The van der Waals surface area contributed by atoms with E-state index in [4.69, 9.17) is 0 Å². The van der Waals surface area contributed by atoms with Crippen LogP contribution in [0, 0.1) is 11.3 Å². The van der Waals surface area contributed by atoms with Crippen molar-refractivity contribution in [1.29, 1.82) is 0 Å². The highest BCUT2D eigenvalue weighted by molar-refractivity contribution is 4.78. The fraction of sp³-hybridized carbons (Fsp3) is 1.00. The summed E-state index contributed by atoms with van der Waals surface area (Å²) in [6.45, 7) is 8.28. The van der Waals surface area contributed by atoms with Gasteiger partial charge in [-0.2, -0.15) is 0 Å². The Morgan fingerprint density at radius 2 is 2.07 bits per heavy atom. The molecule has 1 nitrogen and oxygen atoms in total. The molecule has 1 saturated heterocycles. The van der Waals surface area contributed by atoms with E-state index < -0.39 is 6.17 Å². The maximum atomic E-state index is 13.9. The van der Waals surface area contributed by atoms with Gasteiger partial charge in [0.25, 0.3) is 0 Å². The van der Waals surface area contributed by atoms with Crippen LogP contribution in [0.25, 0.3) is 0 Å². The van der Waals surface area contributed by atoms with E-state index in [1.807, 2.05) is 0 Å². The predicted octanol–water partition coefficient (Wildman–Crippen LogP) is 3.15. The molecule has 1 aliphatic heterocycles. The third-order valence-electron chi connectivity index (χ3n) is 2.90. The van der Waals surface area contributed by atoms with Gasteiger partial charge in [-0.25, -0.2) is 4.39 Å². The second-order valence-corrected chi connectivity index (χ2v) is 5.74. The van der Waals surface area contributed by atoms with Crippen molar-refractivity contribution in [2.45, 2.75) is 52.6 Å². The molecule has 2 unspecified atom stereocenters. The Morgan fingerprint density at radius 3 is 2.71 bits per heavy atom. The molecule has 0 spiro atoms. The van der Waals surface area contributed by atoms with Gasteiger partial charge < -0.3 is 5.32 Å². The standard InChI is InChI=1S/C12H24FN/c1-12(2,3)8-11(13)10-6-4-5-7-14-9-10/h10-11,14H,4-9H2,1-3H3. The van der Waals surface area contributed by atoms with E-state index >= 15 is 0 Å². The van der Waals surface area contributed by atoms with Crippen LogP contribution in [0.2, 0.25) is 0 Å². The summed E-state index contributed by atoms with van der Waals surface area (Å²) in [6.07, 6.45) is 3.52. The molecule has 14 heavy (non-hydrogen) atoms. The van der Waals surface area contributed by atoms with Gasteiger partial charge in [0.2, 0.25) is 0 Å². The normalized spacial score (nSPS) is 27.0. The summed E-state index contributed by atoms with van der Waals surface area (Å²) < 4.78 is 13.9. The van der Waals surface area contributed by atoms with Crippen molar-refractivity contribution in [3.63, 3.8) is 0 Å². The Labute approximate surface area is 87.5 Å². The van der Waals surface area contributed by atoms with Crippen LogP contribution in [0.4, 0.5) is 4.39 Å². The first kappa shape index (κ1) is 12.0. The molecule has 0 radical (unpaired) electrons. The van der Waals surface area contributed by atoms with Crippen molar-refractivity contribution >= 4 is 0 Å². The van der Waals surface area contributed by atoms with Crippen LogP contribution >= 0.6 is 0 Å². The first-order valence-corrected chi connectivity index (χ1v) is 5.84. The summed E-state index contributed by atoms with van der Waals surface area (Å²) in [5.41, 5.74) is 0.117. The van der Waals surface area contributed by atoms with Gasteiger partial charge in [0.1, 0.15) is 6.17 Å². The molecule has 0 aromatic carbocycles. The summed E-state index contributed by atoms with van der Waals surface area (Å²) in [6, 6.07) is 0. The molecule has 0 aromatic heterocycles. The number of hydrogen-bond acceptors (Lipinski definition) is 1. The van der Waals surface area contributed by atoms with Crippen LogP contribution in [0.15, 0.2) is 0 Å².